The number of benzene rings is 1. The molecule has 1 aromatic carbocycles. The molecular weight excluding hydrogens is 268 g/mol. The van der Waals surface area contributed by atoms with Crippen LogP contribution in [0.2, 0.25) is 0 Å². The smallest absolute Gasteiger partial charge is 0.272 e. The fourth-order valence-electron chi connectivity index (χ4n) is 1.91. The zero-order chi connectivity index (χ0) is 15.2. The zero-order valence-electron chi connectivity index (χ0n) is 12.0. The van der Waals surface area contributed by atoms with E-state index < -0.39 is 0 Å². The number of nitrogens with one attached hydrogen (secondary N) is 1. The minimum absolute atomic E-state index is 0.164. The summed E-state index contributed by atoms with van der Waals surface area (Å²) in [6.45, 7) is 0.491. The minimum Gasteiger partial charge on any atom is -0.497 e. The van der Waals surface area contributed by atoms with E-state index in [1.54, 1.807) is 37.3 Å². The van der Waals surface area contributed by atoms with Crippen LogP contribution in [-0.4, -0.2) is 29.9 Å². The third-order valence-electron chi connectivity index (χ3n) is 3.04. The first-order valence-corrected chi connectivity index (χ1v) is 6.46. The third kappa shape index (κ3) is 3.70. The van der Waals surface area contributed by atoms with Gasteiger partial charge in [-0.05, 0) is 29.8 Å². The normalized spacial score (nSPS) is 10.0. The van der Waals surface area contributed by atoms with Crippen molar-refractivity contribution < 1.29 is 9.53 Å². The number of nitrogen functional groups attached to an aromatic ring is 1. The van der Waals surface area contributed by atoms with Gasteiger partial charge in [0, 0.05) is 13.6 Å². The first-order valence-electron chi connectivity index (χ1n) is 6.46. The van der Waals surface area contributed by atoms with Crippen molar-refractivity contribution in [3.05, 3.63) is 53.7 Å². The Labute approximate surface area is 123 Å². The summed E-state index contributed by atoms with van der Waals surface area (Å²) in [5.74, 6) is 6.38. The molecule has 0 aliphatic rings. The predicted molar refractivity (Wildman–Crippen MR) is 80.8 cm³/mol. The Bertz CT molecular complexity index is 613. The van der Waals surface area contributed by atoms with E-state index in [0.717, 1.165) is 11.3 Å². The van der Waals surface area contributed by atoms with E-state index >= 15 is 0 Å². The molecule has 0 saturated heterocycles. The molecule has 0 aliphatic carbocycles. The number of hydrogen-bond donors (Lipinski definition) is 2. The fraction of sp³-hybridized carbons (Fsp3) is 0.200. The Hall–Kier alpha value is -2.60. The van der Waals surface area contributed by atoms with Crippen molar-refractivity contribution in [1.29, 1.82) is 0 Å². The van der Waals surface area contributed by atoms with Gasteiger partial charge in [0.15, 0.2) is 0 Å². The number of aromatic nitrogens is 1. The molecule has 2 aromatic rings. The number of nitrogens with two attached hydrogens (primary N) is 1. The summed E-state index contributed by atoms with van der Waals surface area (Å²) in [6.07, 6.45) is 0. The Balaban J connectivity index is 2.07. The molecule has 0 aliphatic heterocycles. The average molecular weight is 286 g/mol. The number of nitrogens with zero attached hydrogens (tertiary/aromatic N) is 2. The van der Waals surface area contributed by atoms with Gasteiger partial charge in [-0.15, -0.1) is 0 Å². The lowest BCUT2D eigenvalue weighted by molar-refractivity contribution is 0.0779. The van der Waals surface area contributed by atoms with Crippen LogP contribution in [0, 0.1) is 0 Å². The highest BCUT2D eigenvalue weighted by molar-refractivity contribution is 5.92. The summed E-state index contributed by atoms with van der Waals surface area (Å²) >= 11 is 0. The van der Waals surface area contributed by atoms with E-state index in [1.165, 1.54) is 0 Å². The number of carbonyl (C=O) groups is 1. The number of hydrogen-bond acceptors (Lipinski definition) is 5. The van der Waals surface area contributed by atoms with Crippen molar-refractivity contribution in [2.45, 2.75) is 6.54 Å². The molecule has 0 unspecified atom stereocenters. The van der Waals surface area contributed by atoms with Crippen LogP contribution in [0.3, 0.4) is 0 Å². The first kappa shape index (κ1) is 14.8. The van der Waals surface area contributed by atoms with Gasteiger partial charge in [-0.1, -0.05) is 18.2 Å². The van der Waals surface area contributed by atoms with Crippen LogP contribution in [0.1, 0.15) is 16.1 Å². The fourth-order valence-corrected chi connectivity index (χ4v) is 1.91. The maximum Gasteiger partial charge on any atom is 0.272 e. The van der Waals surface area contributed by atoms with E-state index in [0.29, 0.717) is 18.1 Å². The van der Waals surface area contributed by atoms with Gasteiger partial charge in [0.05, 0.1) is 7.11 Å². The maximum atomic E-state index is 12.3. The van der Waals surface area contributed by atoms with Gasteiger partial charge in [0.2, 0.25) is 0 Å². The summed E-state index contributed by atoms with van der Waals surface area (Å²) in [5, 5.41) is 0. The lowest BCUT2D eigenvalue weighted by Gasteiger charge is -2.17. The molecule has 0 saturated carbocycles. The minimum atomic E-state index is -0.164. The number of pyridine rings is 1. The molecule has 6 nitrogen and oxygen atoms in total. The van der Waals surface area contributed by atoms with Gasteiger partial charge in [0.25, 0.3) is 5.91 Å². The van der Waals surface area contributed by atoms with Crippen LogP contribution >= 0.6 is 0 Å². The molecule has 1 aromatic heterocycles. The summed E-state index contributed by atoms with van der Waals surface area (Å²) in [4.78, 5) is 18.0. The summed E-state index contributed by atoms with van der Waals surface area (Å²) in [7, 11) is 3.35. The molecule has 0 atom stereocenters. The van der Waals surface area contributed by atoms with Crippen molar-refractivity contribution in [3.63, 3.8) is 0 Å². The standard InChI is InChI=1S/C15H18N4O2/c1-19(10-11-6-8-12(21-2)9-7-11)15(20)13-4-3-5-14(17-13)18-16/h3-9H,10,16H2,1-2H3,(H,17,18). The Morgan fingerprint density at radius 2 is 2.00 bits per heavy atom. The van der Waals surface area contributed by atoms with E-state index in [-0.39, 0.29) is 5.91 Å². The molecule has 1 amide bonds. The quantitative estimate of drug-likeness (QED) is 0.645. The zero-order valence-corrected chi connectivity index (χ0v) is 12.0. The van der Waals surface area contributed by atoms with Gasteiger partial charge in [-0.2, -0.15) is 0 Å². The second kappa shape index (κ2) is 6.71. The van der Waals surface area contributed by atoms with Gasteiger partial charge in [0.1, 0.15) is 17.3 Å². The molecule has 3 N–H and O–H groups in total. The van der Waals surface area contributed by atoms with Crippen molar-refractivity contribution in [1.82, 2.24) is 9.88 Å². The van der Waals surface area contributed by atoms with Crippen LogP contribution in [-0.2, 0) is 6.54 Å². The molecule has 0 spiro atoms. The van der Waals surface area contributed by atoms with Crippen LogP contribution in [0.15, 0.2) is 42.5 Å². The number of ether oxygens (including phenoxy) is 1. The topological polar surface area (TPSA) is 80.5 Å². The van der Waals surface area contributed by atoms with Crippen molar-refractivity contribution in [2.75, 3.05) is 19.6 Å². The van der Waals surface area contributed by atoms with Crippen molar-refractivity contribution >= 4 is 11.7 Å². The molecule has 0 radical (unpaired) electrons. The molecule has 110 valence electrons. The highest BCUT2D eigenvalue weighted by atomic mass is 16.5. The number of methoxy groups -OCH3 is 1. The largest absolute Gasteiger partial charge is 0.497 e. The van der Waals surface area contributed by atoms with Crippen LogP contribution < -0.4 is 16.0 Å². The van der Waals surface area contributed by atoms with E-state index in [2.05, 4.69) is 10.4 Å². The molecule has 1 heterocycles. The Morgan fingerprint density at radius 1 is 1.29 bits per heavy atom. The highest BCUT2D eigenvalue weighted by Gasteiger charge is 2.13. The van der Waals surface area contributed by atoms with Gasteiger partial charge >= 0.3 is 0 Å². The summed E-state index contributed by atoms with van der Waals surface area (Å²) < 4.78 is 5.11. The first-order chi connectivity index (χ1) is 10.1. The Kier molecular flexibility index (Phi) is 4.73. The van der Waals surface area contributed by atoms with Gasteiger partial charge in [-0.3, -0.25) is 4.79 Å². The molecular formula is C15H18N4O2. The van der Waals surface area contributed by atoms with E-state index in [4.69, 9.17) is 10.6 Å². The number of carbonyl (C=O) groups excluding carboxylic acids is 1. The average Bonchev–Trinajstić information content (AvgIpc) is 2.54. The molecule has 21 heavy (non-hydrogen) atoms. The van der Waals surface area contributed by atoms with E-state index in [9.17, 15) is 4.79 Å². The molecule has 0 fully saturated rings. The lowest BCUT2D eigenvalue weighted by atomic mass is 10.2. The summed E-state index contributed by atoms with van der Waals surface area (Å²) in [6, 6.07) is 12.7. The number of rotatable bonds is 5. The lowest BCUT2D eigenvalue weighted by Crippen LogP contribution is -2.27. The van der Waals surface area contributed by atoms with Crippen LogP contribution in [0.5, 0.6) is 5.75 Å². The van der Waals surface area contributed by atoms with Gasteiger partial charge < -0.3 is 15.1 Å². The summed E-state index contributed by atoms with van der Waals surface area (Å²) in [5.41, 5.74) is 3.79. The van der Waals surface area contributed by atoms with Crippen molar-refractivity contribution in [3.8, 4) is 5.75 Å². The monoisotopic (exact) mass is 286 g/mol. The third-order valence-corrected chi connectivity index (χ3v) is 3.04. The second-order valence-electron chi connectivity index (χ2n) is 4.56. The SMILES string of the molecule is COc1ccc(CN(C)C(=O)c2cccc(NN)n2)cc1. The number of amides is 1. The Morgan fingerprint density at radius 3 is 2.62 bits per heavy atom. The van der Waals surface area contributed by atoms with E-state index in [1.807, 2.05) is 24.3 Å². The van der Waals surface area contributed by atoms with Crippen molar-refractivity contribution in [2.24, 2.45) is 5.84 Å². The maximum absolute atomic E-state index is 12.3. The number of hydrazine groups is 1. The van der Waals surface area contributed by atoms with Gasteiger partial charge in [-0.25, -0.2) is 10.8 Å². The highest BCUT2D eigenvalue weighted by Crippen LogP contribution is 2.14. The molecule has 6 heteroatoms. The predicted octanol–water partition coefficient (Wildman–Crippen LogP) is 1.65. The number of anilines is 1. The van der Waals surface area contributed by atoms with Crippen LogP contribution in [0.25, 0.3) is 0 Å². The second-order valence-corrected chi connectivity index (χ2v) is 4.56. The van der Waals surface area contributed by atoms with Crippen LogP contribution in [0.4, 0.5) is 5.82 Å². The molecule has 0 bridgehead atoms. The molecule has 2 rings (SSSR count).